The van der Waals surface area contributed by atoms with Crippen molar-refractivity contribution in [1.29, 1.82) is 0 Å². The Balaban J connectivity index is 4.18. The molecule has 6 heteroatoms. The summed E-state index contributed by atoms with van der Waals surface area (Å²) in [6.45, 7) is 13.7. The third-order valence-corrected chi connectivity index (χ3v) is 13.8. The third-order valence-electron chi connectivity index (χ3n) is 13.8. The van der Waals surface area contributed by atoms with E-state index < -0.39 is 6.10 Å². The Bertz CT molecular complexity index is 1010. The van der Waals surface area contributed by atoms with Crippen molar-refractivity contribution in [2.75, 3.05) is 13.2 Å². The minimum absolute atomic E-state index is 0.0644. The van der Waals surface area contributed by atoms with E-state index in [2.05, 4.69) is 41.5 Å². The Morgan fingerprint density at radius 1 is 0.308 bits per heavy atom. The zero-order valence-electron chi connectivity index (χ0n) is 44.8. The van der Waals surface area contributed by atoms with Crippen LogP contribution in [0.2, 0.25) is 0 Å². The maximum Gasteiger partial charge on any atom is 0.306 e. The lowest BCUT2D eigenvalue weighted by atomic mass is 9.99. The normalized spacial score (nSPS) is 12.6. The van der Waals surface area contributed by atoms with Gasteiger partial charge in [0.2, 0.25) is 0 Å². The molecule has 0 radical (unpaired) electrons. The van der Waals surface area contributed by atoms with E-state index in [0.717, 1.165) is 75.5 Å². The number of ether oxygens (including phenoxy) is 3. The molecule has 0 spiro atoms. The van der Waals surface area contributed by atoms with Crippen LogP contribution in [-0.4, -0.2) is 37.2 Å². The van der Waals surface area contributed by atoms with Crippen molar-refractivity contribution in [3.8, 4) is 0 Å². The van der Waals surface area contributed by atoms with Crippen molar-refractivity contribution < 1.29 is 28.6 Å². The van der Waals surface area contributed by atoms with Gasteiger partial charge in [-0.25, -0.2) is 0 Å². The summed E-state index contributed by atoms with van der Waals surface area (Å²) in [5.74, 6) is 1.66. The van der Waals surface area contributed by atoms with Crippen molar-refractivity contribution in [3.63, 3.8) is 0 Å². The molecule has 0 amide bonds. The molecular formula is C59H114O6. The molecule has 1 unspecified atom stereocenters. The van der Waals surface area contributed by atoms with Crippen molar-refractivity contribution in [3.05, 3.63) is 0 Å². The molecule has 0 aromatic carbocycles. The predicted octanol–water partition coefficient (Wildman–Crippen LogP) is 19.1. The van der Waals surface area contributed by atoms with Gasteiger partial charge in [-0.3, -0.25) is 14.4 Å². The Hall–Kier alpha value is -1.59. The Kier molecular flexibility index (Phi) is 49.1. The van der Waals surface area contributed by atoms with Crippen LogP contribution in [0.3, 0.4) is 0 Å². The minimum Gasteiger partial charge on any atom is -0.462 e. The fraction of sp³-hybridized carbons (Fsp3) is 0.949. The number of hydrogen-bond acceptors (Lipinski definition) is 6. The molecule has 0 N–H and O–H groups in total. The van der Waals surface area contributed by atoms with Gasteiger partial charge < -0.3 is 14.2 Å². The minimum atomic E-state index is -0.764. The first kappa shape index (κ1) is 63.4. The number of hydrogen-bond donors (Lipinski definition) is 0. The lowest BCUT2D eigenvalue weighted by molar-refractivity contribution is -0.167. The molecule has 0 fully saturated rings. The van der Waals surface area contributed by atoms with E-state index in [0.29, 0.717) is 19.3 Å². The number of unbranched alkanes of at least 4 members (excludes halogenated alkanes) is 34. The monoisotopic (exact) mass is 919 g/mol. The van der Waals surface area contributed by atoms with Crippen molar-refractivity contribution in [1.82, 2.24) is 0 Å². The molecule has 2 atom stereocenters. The van der Waals surface area contributed by atoms with E-state index in [-0.39, 0.29) is 31.1 Å². The van der Waals surface area contributed by atoms with Crippen LogP contribution in [0.5, 0.6) is 0 Å². The van der Waals surface area contributed by atoms with Gasteiger partial charge in [-0.1, -0.05) is 286 Å². The SMILES string of the molecule is CCC(C)CCCCCCCCCCCCCCCCCCCCC(=O)OC[C@@H](COC(=O)CCCCCCCCC(C)C)OC(=O)CCCCCCCCCCCCCCCC(C)C. The average Bonchev–Trinajstić information content (AvgIpc) is 3.28. The highest BCUT2D eigenvalue weighted by molar-refractivity contribution is 5.71. The highest BCUT2D eigenvalue weighted by Crippen LogP contribution is 2.19. The molecule has 6 nitrogen and oxygen atoms in total. The lowest BCUT2D eigenvalue weighted by Crippen LogP contribution is -2.30. The molecule has 386 valence electrons. The molecule has 0 aliphatic heterocycles. The second-order valence-corrected chi connectivity index (χ2v) is 21.5. The Morgan fingerprint density at radius 2 is 0.538 bits per heavy atom. The van der Waals surface area contributed by atoms with Crippen LogP contribution in [-0.2, 0) is 28.6 Å². The van der Waals surface area contributed by atoms with E-state index >= 15 is 0 Å². The van der Waals surface area contributed by atoms with Gasteiger partial charge in [0, 0.05) is 19.3 Å². The first-order valence-corrected chi connectivity index (χ1v) is 29.1. The molecule has 0 aliphatic rings. The van der Waals surface area contributed by atoms with Crippen LogP contribution in [0.25, 0.3) is 0 Å². The second-order valence-electron chi connectivity index (χ2n) is 21.5. The quantitative estimate of drug-likeness (QED) is 0.0344. The highest BCUT2D eigenvalue weighted by atomic mass is 16.6. The summed E-state index contributed by atoms with van der Waals surface area (Å²) in [6.07, 6.45) is 52.5. The summed E-state index contributed by atoms with van der Waals surface area (Å²) < 4.78 is 16.8. The molecule has 0 saturated heterocycles. The summed E-state index contributed by atoms with van der Waals surface area (Å²) in [7, 11) is 0. The number of carbonyl (C=O) groups is 3. The molecule has 0 aromatic heterocycles. The van der Waals surface area contributed by atoms with E-state index in [1.807, 2.05) is 0 Å². The molecule has 0 bridgehead atoms. The van der Waals surface area contributed by atoms with Crippen LogP contribution in [0, 0.1) is 17.8 Å². The van der Waals surface area contributed by atoms with E-state index in [4.69, 9.17) is 14.2 Å². The maximum absolute atomic E-state index is 12.8. The standard InChI is InChI=1S/C59H114O6/c1-7-55(6)47-41-35-28-24-20-16-12-10-8-9-11-13-17-21-25-29-36-42-48-57(60)63-51-56(52-64-58(61)49-43-37-32-31-34-40-46-54(4)5)65-59(62)50-44-38-30-26-22-18-14-15-19-23-27-33-39-45-53(2)3/h53-56H,7-52H2,1-6H3/t55?,56-/m0/s1. The first-order chi connectivity index (χ1) is 31.6. The zero-order valence-corrected chi connectivity index (χ0v) is 44.8. The molecule has 0 aliphatic carbocycles. The zero-order chi connectivity index (χ0) is 47.7. The first-order valence-electron chi connectivity index (χ1n) is 29.1. The van der Waals surface area contributed by atoms with E-state index in [1.54, 1.807) is 0 Å². The Morgan fingerprint density at radius 3 is 0.800 bits per heavy atom. The molecule has 0 rings (SSSR count). The molecule has 0 saturated carbocycles. The number of rotatable bonds is 52. The predicted molar refractivity (Wildman–Crippen MR) is 279 cm³/mol. The topological polar surface area (TPSA) is 78.9 Å². The summed E-state index contributed by atoms with van der Waals surface area (Å²) in [4.78, 5) is 38.0. The van der Waals surface area contributed by atoms with Gasteiger partial charge in [0.15, 0.2) is 6.10 Å². The molecule has 0 heterocycles. The largest absolute Gasteiger partial charge is 0.462 e. The van der Waals surface area contributed by atoms with Gasteiger partial charge in [0.05, 0.1) is 0 Å². The number of carbonyl (C=O) groups excluding carboxylic acids is 3. The van der Waals surface area contributed by atoms with Crippen LogP contribution in [0.15, 0.2) is 0 Å². The molecule has 0 aromatic rings. The van der Waals surface area contributed by atoms with Crippen LogP contribution < -0.4 is 0 Å². The van der Waals surface area contributed by atoms with Gasteiger partial charge in [-0.05, 0) is 37.0 Å². The second kappa shape index (κ2) is 50.3. The van der Waals surface area contributed by atoms with Crippen LogP contribution in [0.4, 0.5) is 0 Å². The van der Waals surface area contributed by atoms with Gasteiger partial charge in [-0.15, -0.1) is 0 Å². The smallest absolute Gasteiger partial charge is 0.306 e. The Labute approximate surface area is 406 Å². The molecular weight excluding hydrogens is 805 g/mol. The van der Waals surface area contributed by atoms with Gasteiger partial charge in [0.1, 0.15) is 13.2 Å². The average molecular weight is 920 g/mol. The van der Waals surface area contributed by atoms with Gasteiger partial charge in [0.25, 0.3) is 0 Å². The maximum atomic E-state index is 12.8. The van der Waals surface area contributed by atoms with Gasteiger partial charge >= 0.3 is 17.9 Å². The number of esters is 3. The fourth-order valence-corrected chi connectivity index (χ4v) is 8.97. The lowest BCUT2D eigenvalue weighted by Gasteiger charge is -2.18. The fourth-order valence-electron chi connectivity index (χ4n) is 8.97. The third kappa shape index (κ3) is 51.6. The highest BCUT2D eigenvalue weighted by Gasteiger charge is 2.19. The van der Waals surface area contributed by atoms with Crippen molar-refractivity contribution in [2.45, 2.75) is 330 Å². The van der Waals surface area contributed by atoms with Crippen molar-refractivity contribution in [2.24, 2.45) is 17.8 Å². The van der Waals surface area contributed by atoms with E-state index in [1.165, 1.54) is 205 Å². The summed E-state index contributed by atoms with van der Waals surface area (Å²) >= 11 is 0. The van der Waals surface area contributed by atoms with E-state index in [9.17, 15) is 14.4 Å². The van der Waals surface area contributed by atoms with Gasteiger partial charge in [-0.2, -0.15) is 0 Å². The summed E-state index contributed by atoms with van der Waals surface area (Å²) in [5, 5.41) is 0. The van der Waals surface area contributed by atoms with Crippen LogP contribution in [0.1, 0.15) is 324 Å². The van der Waals surface area contributed by atoms with Crippen LogP contribution >= 0.6 is 0 Å². The summed E-state index contributed by atoms with van der Waals surface area (Å²) in [5.41, 5.74) is 0. The summed E-state index contributed by atoms with van der Waals surface area (Å²) in [6, 6.07) is 0. The van der Waals surface area contributed by atoms with Crippen molar-refractivity contribution >= 4 is 17.9 Å². The molecule has 65 heavy (non-hydrogen) atoms.